The first-order valence-electron chi connectivity index (χ1n) is 5.29. The van der Waals surface area contributed by atoms with Crippen molar-refractivity contribution in [1.29, 1.82) is 0 Å². The average molecular weight is 316 g/mol. The van der Waals surface area contributed by atoms with Crippen LogP contribution < -0.4 is 5.32 Å². The van der Waals surface area contributed by atoms with Gasteiger partial charge >= 0.3 is 5.82 Å². The Morgan fingerprint density at radius 2 is 2.17 bits per heavy atom. The maximum Gasteiger partial charge on any atom is 0.364 e. The van der Waals surface area contributed by atoms with Gasteiger partial charge in [-0.2, -0.15) is 0 Å². The van der Waals surface area contributed by atoms with Gasteiger partial charge in [0, 0.05) is 12.6 Å². The van der Waals surface area contributed by atoms with Gasteiger partial charge in [-0.05, 0) is 31.3 Å². The lowest BCUT2D eigenvalue weighted by molar-refractivity contribution is -0.389. The number of carbonyl (C=O) groups is 1. The summed E-state index contributed by atoms with van der Waals surface area (Å²) >= 11 is 3.15. The van der Waals surface area contributed by atoms with Crippen molar-refractivity contribution in [2.45, 2.75) is 20.8 Å². The number of nitro groups is 1. The highest BCUT2D eigenvalue weighted by atomic mass is 79.9. The minimum absolute atomic E-state index is 0.0545. The lowest BCUT2D eigenvalue weighted by Crippen LogP contribution is -2.32. The van der Waals surface area contributed by atoms with Gasteiger partial charge in [-0.25, -0.2) is 0 Å². The molecule has 1 N–H and O–H groups in total. The fourth-order valence-electron chi connectivity index (χ4n) is 1.14. The number of amides is 1. The molecule has 0 radical (unpaired) electrons. The predicted octanol–water partition coefficient (Wildman–Crippen LogP) is 2.53. The molecular formula is C11H14BrN3O3. The van der Waals surface area contributed by atoms with Gasteiger partial charge in [-0.3, -0.25) is 4.79 Å². The van der Waals surface area contributed by atoms with Crippen molar-refractivity contribution in [3.63, 3.8) is 0 Å². The van der Waals surface area contributed by atoms with Crippen molar-refractivity contribution in [2.24, 2.45) is 5.41 Å². The molecule has 0 aromatic carbocycles. The zero-order valence-electron chi connectivity index (χ0n) is 10.4. The molecule has 7 heteroatoms. The van der Waals surface area contributed by atoms with E-state index in [4.69, 9.17) is 0 Å². The zero-order valence-corrected chi connectivity index (χ0v) is 11.9. The second-order valence-electron chi connectivity index (χ2n) is 5.02. The molecule has 1 aromatic heterocycles. The Labute approximate surface area is 113 Å². The third kappa shape index (κ3) is 4.06. The van der Waals surface area contributed by atoms with Crippen LogP contribution in [0.3, 0.4) is 0 Å². The van der Waals surface area contributed by atoms with E-state index in [0.717, 1.165) is 6.07 Å². The van der Waals surface area contributed by atoms with E-state index in [1.807, 2.05) is 20.8 Å². The van der Waals surface area contributed by atoms with E-state index in [0.29, 0.717) is 11.0 Å². The van der Waals surface area contributed by atoms with E-state index in [-0.39, 0.29) is 22.7 Å². The molecule has 0 aliphatic heterocycles. The summed E-state index contributed by atoms with van der Waals surface area (Å²) in [5.41, 5.74) is 0.155. The zero-order chi connectivity index (χ0) is 13.9. The highest BCUT2D eigenvalue weighted by Gasteiger charge is 2.19. The number of nitrogens with zero attached hydrogens (tertiary/aromatic N) is 2. The Hall–Kier alpha value is -1.50. The molecule has 0 unspecified atom stereocenters. The molecule has 0 spiro atoms. The van der Waals surface area contributed by atoms with E-state index in [1.165, 1.54) is 6.20 Å². The molecular weight excluding hydrogens is 302 g/mol. The quantitative estimate of drug-likeness (QED) is 0.686. The number of rotatable bonds is 3. The number of nitrogens with one attached hydrogen (secondary N) is 1. The molecule has 1 aromatic rings. The second-order valence-corrected chi connectivity index (χ2v) is 5.88. The number of hydrogen-bond donors (Lipinski definition) is 1. The Morgan fingerprint density at radius 1 is 1.56 bits per heavy atom. The van der Waals surface area contributed by atoms with Crippen LogP contribution in [-0.4, -0.2) is 22.4 Å². The summed E-state index contributed by atoms with van der Waals surface area (Å²) < 4.78 is 0.430. The van der Waals surface area contributed by atoms with Gasteiger partial charge in [0.15, 0.2) is 6.20 Å². The molecule has 0 bridgehead atoms. The molecule has 0 aliphatic carbocycles. The molecule has 0 aliphatic rings. The topological polar surface area (TPSA) is 85.1 Å². The molecule has 98 valence electrons. The normalized spacial score (nSPS) is 11.1. The summed E-state index contributed by atoms with van der Waals surface area (Å²) in [5.74, 6) is -0.707. The SMILES string of the molecule is CC(C)(C)CNC(=O)c1cc([N+](=O)[O-])ncc1Br. The van der Waals surface area contributed by atoms with Gasteiger partial charge in [0.05, 0.1) is 10.0 Å². The van der Waals surface area contributed by atoms with Gasteiger partial charge in [-0.1, -0.05) is 20.8 Å². The highest BCUT2D eigenvalue weighted by Crippen LogP contribution is 2.20. The van der Waals surface area contributed by atoms with E-state index in [1.54, 1.807) is 0 Å². The van der Waals surface area contributed by atoms with Crippen molar-refractivity contribution < 1.29 is 9.72 Å². The summed E-state index contributed by atoms with van der Waals surface area (Å²) in [6, 6.07) is 1.15. The van der Waals surface area contributed by atoms with E-state index in [9.17, 15) is 14.9 Å². The van der Waals surface area contributed by atoms with Crippen LogP contribution in [0.1, 0.15) is 31.1 Å². The van der Waals surface area contributed by atoms with Crippen molar-refractivity contribution in [1.82, 2.24) is 10.3 Å². The second kappa shape index (κ2) is 5.43. The Kier molecular flexibility index (Phi) is 4.39. The van der Waals surface area contributed by atoms with Gasteiger partial charge < -0.3 is 15.4 Å². The van der Waals surface area contributed by atoms with Crippen LogP contribution in [0, 0.1) is 15.5 Å². The van der Waals surface area contributed by atoms with E-state index < -0.39 is 4.92 Å². The third-order valence-corrected chi connectivity index (χ3v) is 2.68. The third-order valence-electron chi connectivity index (χ3n) is 2.05. The molecule has 0 saturated heterocycles. The molecule has 0 fully saturated rings. The Balaban J connectivity index is 2.91. The predicted molar refractivity (Wildman–Crippen MR) is 70.4 cm³/mol. The van der Waals surface area contributed by atoms with Crippen molar-refractivity contribution in [3.8, 4) is 0 Å². The molecule has 1 amide bonds. The average Bonchev–Trinajstić information content (AvgIpc) is 2.25. The lowest BCUT2D eigenvalue weighted by atomic mass is 9.97. The summed E-state index contributed by atoms with van der Waals surface area (Å²) in [6.07, 6.45) is 1.25. The number of aromatic nitrogens is 1. The molecule has 6 nitrogen and oxygen atoms in total. The smallest absolute Gasteiger partial charge is 0.358 e. The van der Waals surface area contributed by atoms with Crippen molar-refractivity contribution in [3.05, 3.63) is 32.4 Å². The molecule has 0 atom stereocenters. The Morgan fingerprint density at radius 3 is 2.67 bits per heavy atom. The number of pyridine rings is 1. The van der Waals surface area contributed by atoms with Crippen LogP contribution in [-0.2, 0) is 0 Å². The van der Waals surface area contributed by atoms with Gasteiger partial charge in [-0.15, -0.1) is 0 Å². The number of halogens is 1. The molecule has 1 rings (SSSR count). The summed E-state index contributed by atoms with van der Waals surface area (Å²) in [6.45, 7) is 6.43. The maximum atomic E-state index is 11.9. The first kappa shape index (κ1) is 14.6. The monoisotopic (exact) mass is 315 g/mol. The Bertz CT molecular complexity index is 483. The largest absolute Gasteiger partial charge is 0.364 e. The van der Waals surface area contributed by atoms with Crippen LogP contribution in [0.25, 0.3) is 0 Å². The maximum absolute atomic E-state index is 11.9. The van der Waals surface area contributed by atoms with Crippen LogP contribution in [0.4, 0.5) is 5.82 Å². The van der Waals surface area contributed by atoms with E-state index >= 15 is 0 Å². The summed E-state index contributed by atoms with van der Waals surface area (Å²) in [4.78, 5) is 25.5. The fraction of sp³-hybridized carbons (Fsp3) is 0.455. The van der Waals surface area contributed by atoms with Crippen LogP contribution >= 0.6 is 15.9 Å². The van der Waals surface area contributed by atoms with Gasteiger partial charge in [0.2, 0.25) is 0 Å². The molecule has 18 heavy (non-hydrogen) atoms. The standard InChI is InChI=1S/C11H14BrN3O3/c1-11(2,3)6-14-10(16)7-4-9(15(17)18)13-5-8(7)12/h4-5H,6H2,1-3H3,(H,14,16). The van der Waals surface area contributed by atoms with Crippen molar-refractivity contribution >= 4 is 27.7 Å². The molecule has 1 heterocycles. The summed E-state index contributed by atoms with van der Waals surface area (Å²) in [7, 11) is 0. The summed E-state index contributed by atoms with van der Waals surface area (Å²) in [5, 5.41) is 13.3. The minimum Gasteiger partial charge on any atom is -0.358 e. The first-order valence-corrected chi connectivity index (χ1v) is 6.08. The minimum atomic E-state index is -0.632. The molecule has 0 saturated carbocycles. The fourth-order valence-corrected chi connectivity index (χ4v) is 1.54. The van der Waals surface area contributed by atoms with Crippen LogP contribution in [0.2, 0.25) is 0 Å². The highest BCUT2D eigenvalue weighted by molar-refractivity contribution is 9.10. The van der Waals surface area contributed by atoms with Crippen LogP contribution in [0.15, 0.2) is 16.7 Å². The lowest BCUT2D eigenvalue weighted by Gasteiger charge is -2.18. The van der Waals surface area contributed by atoms with Gasteiger partial charge in [0.1, 0.15) is 0 Å². The van der Waals surface area contributed by atoms with Crippen molar-refractivity contribution in [2.75, 3.05) is 6.54 Å². The first-order chi connectivity index (χ1) is 8.20. The van der Waals surface area contributed by atoms with Crippen LogP contribution in [0.5, 0.6) is 0 Å². The number of hydrogen-bond acceptors (Lipinski definition) is 4. The van der Waals surface area contributed by atoms with Gasteiger partial charge in [0.25, 0.3) is 5.91 Å². The van der Waals surface area contributed by atoms with E-state index in [2.05, 4.69) is 26.2 Å². The number of carbonyl (C=O) groups excluding carboxylic acids is 1.